The molecule has 1 aromatic rings. The number of rotatable bonds is 6. The van der Waals surface area contributed by atoms with E-state index in [1.165, 1.54) is 7.11 Å². The van der Waals surface area contributed by atoms with E-state index in [2.05, 4.69) is 10.6 Å². The van der Waals surface area contributed by atoms with Crippen LogP contribution in [-0.2, 0) is 4.79 Å². The number of hydrogen-bond donors (Lipinski definition) is 3. The van der Waals surface area contributed by atoms with Crippen molar-refractivity contribution in [1.82, 2.24) is 5.32 Å². The highest BCUT2D eigenvalue weighted by atomic mass is 16.5. The van der Waals surface area contributed by atoms with Gasteiger partial charge in [0.1, 0.15) is 5.75 Å². The lowest BCUT2D eigenvalue weighted by Crippen LogP contribution is -2.42. The van der Waals surface area contributed by atoms with Crippen molar-refractivity contribution in [2.45, 2.75) is 33.2 Å². The number of carbonyl (C=O) groups excluding carboxylic acids is 1. The number of methoxy groups -OCH3 is 1. The van der Waals surface area contributed by atoms with Crippen LogP contribution in [0.4, 0.5) is 10.5 Å². The summed E-state index contributed by atoms with van der Waals surface area (Å²) in [4.78, 5) is 22.8. The van der Waals surface area contributed by atoms with E-state index in [4.69, 9.17) is 9.84 Å². The van der Waals surface area contributed by atoms with Gasteiger partial charge in [0.25, 0.3) is 0 Å². The van der Waals surface area contributed by atoms with Crippen LogP contribution in [0.3, 0.4) is 0 Å². The van der Waals surface area contributed by atoms with Crippen molar-refractivity contribution in [2.75, 3.05) is 12.4 Å². The molecule has 0 fully saturated rings. The Kier molecular flexibility index (Phi) is 6.02. The lowest BCUT2D eigenvalue weighted by Gasteiger charge is -2.21. The molecule has 21 heavy (non-hydrogen) atoms. The Morgan fingerprint density at radius 1 is 1.33 bits per heavy atom. The van der Waals surface area contributed by atoms with Crippen molar-refractivity contribution in [2.24, 2.45) is 5.92 Å². The lowest BCUT2D eigenvalue weighted by atomic mass is 10.0. The monoisotopic (exact) mass is 294 g/mol. The highest BCUT2D eigenvalue weighted by molar-refractivity contribution is 5.91. The second-order valence-electron chi connectivity index (χ2n) is 5.25. The molecule has 0 radical (unpaired) electrons. The maximum absolute atomic E-state index is 12.0. The van der Waals surface area contributed by atoms with Gasteiger partial charge in [0.05, 0.1) is 19.2 Å². The maximum Gasteiger partial charge on any atom is 0.319 e. The van der Waals surface area contributed by atoms with E-state index in [9.17, 15) is 9.59 Å². The molecule has 1 aromatic carbocycles. The Hall–Kier alpha value is -2.24. The third kappa shape index (κ3) is 5.33. The summed E-state index contributed by atoms with van der Waals surface area (Å²) in [6, 6.07) is 4.56. The van der Waals surface area contributed by atoms with E-state index in [-0.39, 0.29) is 12.3 Å². The number of aryl methyl sites for hydroxylation is 1. The topological polar surface area (TPSA) is 87.7 Å². The van der Waals surface area contributed by atoms with Crippen molar-refractivity contribution in [3.63, 3.8) is 0 Å². The van der Waals surface area contributed by atoms with Gasteiger partial charge in [0.15, 0.2) is 0 Å². The molecule has 0 heterocycles. The molecule has 0 spiro atoms. The zero-order valence-corrected chi connectivity index (χ0v) is 12.8. The highest BCUT2D eigenvalue weighted by Crippen LogP contribution is 2.25. The molecular formula is C15H22N2O4. The number of carboxylic acid groups (broad SMARTS) is 1. The summed E-state index contributed by atoms with van der Waals surface area (Å²) in [7, 11) is 1.52. The molecule has 116 valence electrons. The third-order valence-corrected chi connectivity index (χ3v) is 3.12. The number of ether oxygens (including phenoxy) is 1. The fourth-order valence-corrected chi connectivity index (χ4v) is 1.89. The Bertz CT molecular complexity index is 514. The largest absolute Gasteiger partial charge is 0.495 e. The first-order valence-corrected chi connectivity index (χ1v) is 6.77. The van der Waals surface area contributed by atoms with Crippen LogP contribution in [0.15, 0.2) is 18.2 Å². The number of aliphatic carboxylic acids is 1. The summed E-state index contributed by atoms with van der Waals surface area (Å²) in [5.41, 5.74) is 1.53. The van der Waals surface area contributed by atoms with Gasteiger partial charge >= 0.3 is 12.0 Å². The van der Waals surface area contributed by atoms with Gasteiger partial charge in [-0.05, 0) is 30.5 Å². The van der Waals surface area contributed by atoms with Gasteiger partial charge in [-0.15, -0.1) is 0 Å². The van der Waals surface area contributed by atoms with E-state index in [0.29, 0.717) is 11.4 Å². The van der Waals surface area contributed by atoms with E-state index >= 15 is 0 Å². The van der Waals surface area contributed by atoms with Crippen LogP contribution in [0.1, 0.15) is 25.8 Å². The van der Waals surface area contributed by atoms with Gasteiger partial charge < -0.3 is 20.5 Å². The zero-order valence-electron chi connectivity index (χ0n) is 12.8. The fourth-order valence-electron chi connectivity index (χ4n) is 1.89. The van der Waals surface area contributed by atoms with Crippen molar-refractivity contribution in [1.29, 1.82) is 0 Å². The van der Waals surface area contributed by atoms with Gasteiger partial charge in [-0.1, -0.05) is 19.9 Å². The first-order valence-electron chi connectivity index (χ1n) is 6.77. The number of urea groups is 1. The van der Waals surface area contributed by atoms with E-state index in [1.54, 1.807) is 12.1 Å². The number of benzene rings is 1. The molecule has 0 aliphatic carbocycles. The molecule has 0 aliphatic heterocycles. The molecule has 0 aliphatic rings. The van der Waals surface area contributed by atoms with Crippen LogP contribution in [-0.4, -0.2) is 30.3 Å². The Labute approximate surface area is 124 Å². The van der Waals surface area contributed by atoms with Crippen molar-refractivity contribution < 1.29 is 19.4 Å². The SMILES string of the molecule is COc1ccc(C)cc1NC(=O)NC(CC(=O)O)C(C)C. The molecule has 3 N–H and O–H groups in total. The average Bonchev–Trinajstić information content (AvgIpc) is 2.37. The smallest absolute Gasteiger partial charge is 0.319 e. The van der Waals surface area contributed by atoms with Crippen molar-refractivity contribution >= 4 is 17.7 Å². The van der Waals surface area contributed by atoms with Crippen LogP contribution in [0, 0.1) is 12.8 Å². The minimum atomic E-state index is -0.942. The van der Waals surface area contributed by atoms with Gasteiger partial charge in [-0.25, -0.2) is 4.79 Å². The predicted octanol–water partition coefficient (Wildman–Crippen LogP) is 2.62. The van der Waals surface area contributed by atoms with Crippen LogP contribution >= 0.6 is 0 Å². The third-order valence-electron chi connectivity index (χ3n) is 3.12. The molecule has 0 saturated carbocycles. The van der Waals surface area contributed by atoms with E-state index < -0.39 is 18.0 Å². The first-order chi connectivity index (χ1) is 9.83. The second-order valence-corrected chi connectivity index (χ2v) is 5.25. The quantitative estimate of drug-likeness (QED) is 0.752. The lowest BCUT2D eigenvalue weighted by molar-refractivity contribution is -0.137. The fraction of sp³-hybridized carbons (Fsp3) is 0.467. The van der Waals surface area contributed by atoms with Gasteiger partial charge in [0.2, 0.25) is 0 Å². The Balaban J connectivity index is 2.76. The summed E-state index contributed by atoms with van der Waals surface area (Å²) in [6.45, 7) is 5.63. The van der Waals surface area contributed by atoms with E-state index in [1.807, 2.05) is 26.8 Å². The predicted molar refractivity (Wildman–Crippen MR) is 80.8 cm³/mol. The number of carboxylic acids is 1. The molecule has 2 amide bonds. The molecular weight excluding hydrogens is 272 g/mol. The molecule has 1 atom stereocenters. The highest BCUT2D eigenvalue weighted by Gasteiger charge is 2.20. The molecule has 6 nitrogen and oxygen atoms in total. The number of anilines is 1. The summed E-state index contributed by atoms with van der Waals surface area (Å²) in [5.74, 6) is -0.372. The normalized spacial score (nSPS) is 11.9. The molecule has 0 saturated heterocycles. The van der Waals surface area contributed by atoms with Crippen molar-refractivity contribution in [3.05, 3.63) is 23.8 Å². The second kappa shape index (κ2) is 7.52. The summed E-state index contributed by atoms with van der Waals surface area (Å²) < 4.78 is 5.18. The van der Waals surface area contributed by atoms with Crippen LogP contribution in [0.5, 0.6) is 5.75 Å². The number of amides is 2. The Morgan fingerprint density at radius 2 is 2.00 bits per heavy atom. The molecule has 1 unspecified atom stereocenters. The zero-order chi connectivity index (χ0) is 16.0. The van der Waals surface area contributed by atoms with Crippen molar-refractivity contribution in [3.8, 4) is 5.75 Å². The Morgan fingerprint density at radius 3 is 2.52 bits per heavy atom. The number of nitrogens with one attached hydrogen (secondary N) is 2. The van der Waals surface area contributed by atoms with Crippen LogP contribution in [0.2, 0.25) is 0 Å². The van der Waals surface area contributed by atoms with E-state index in [0.717, 1.165) is 5.56 Å². The maximum atomic E-state index is 12.0. The van der Waals surface area contributed by atoms with Gasteiger partial charge in [-0.3, -0.25) is 4.79 Å². The average molecular weight is 294 g/mol. The summed E-state index contributed by atoms with van der Waals surface area (Å²) in [5, 5.41) is 14.2. The molecule has 0 bridgehead atoms. The van der Waals surface area contributed by atoms with Gasteiger partial charge in [0, 0.05) is 6.04 Å². The summed E-state index contributed by atoms with van der Waals surface area (Å²) in [6.07, 6.45) is -0.115. The summed E-state index contributed by atoms with van der Waals surface area (Å²) >= 11 is 0. The molecule has 0 aromatic heterocycles. The minimum absolute atomic E-state index is 0.0197. The molecule has 6 heteroatoms. The molecule has 1 rings (SSSR count). The van der Waals surface area contributed by atoms with Crippen LogP contribution < -0.4 is 15.4 Å². The number of hydrogen-bond acceptors (Lipinski definition) is 3. The first kappa shape index (κ1) is 16.8. The number of carbonyl (C=O) groups is 2. The van der Waals surface area contributed by atoms with Crippen LogP contribution in [0.25, 0.3) is 0 Å². The van der Waals surface area contributed by atoms with Gasteiger partial charge in [-0.2, -0.15) is 0 Å². The minimum Gasteiger partial charge on any atom is -0.495 e. The standard InChI is InChI=1S/C15H22N2O4/c1-9(2)11(8-14(18)19)16-15(20)17-12-7-10(3)5-6-13(12)21-4/h5-7,9,11H,8H2,1-4H3,(H,18,19)(H2,16,17,20).